The lowest BCUT2D eigenvalue weighted by Crippen LogP contribution is -1.79. The Balaban J connectivity index is 3.03. The van der Waals surface area contributed by atoms with Crippen LogP contribution in [0.2, 0.25) is 0 Å². The lowest BCUT2D eigenvalue weighted by atomic mass is 10.4. The second-order valence-corrected chi connectivity index (χ2v) is 1.54. The van der Waals surface area contributed by atoms with E-state index in [0.717, 1.165) is 11.9 Å². The molecule has 0 amide bonds. The van der Waals surface area contributed by atoms with Gasteiger partial charge in [-0.3, -0.25) is 4.98 Å². The number of rotatable bonds is 0. The molecule has 0 aliphatic rings. The van der Waals surface area contributed by atoms with Gasteiger partial charge in [0, 0.05) is 11.8 Å². The molecule has 1 heterocycles. The Bertz CT molecular complexity index is 147. The van der Waals surface area contributed by atoms with Crippen molar-refractivity contribution < 1.29 is 4.39 Å². The standard InChI is InChI=1S/C6H5FN/c1-5-2-3-6(7)4-8-5/h2,4H,1H3. The molecule has 0 bridgehead atoms. The number of aromatic nitrogens is 1. The third kappa shape index (κ3) is 1.03. The summed E-state index contributed by atoms with van der Waals surface area (Å²) < 4.78 is 12.0. The maximum atomic E-state index is 12.0. The third-order valence-corrected chi connectivity index (χ3v) is 0.800. The minimum absolute atomic E-state index is 0.407. The highest BCUT2D eigenvalue weighted by molar-refractivity contribution is 5.00. The Morgan fingerprint density at radius 3 is 2.88 bits per heavy atom. The van der Waals surface area contributed by atoms with Gasteiger partial charge in [-0.05, 0) is 13.0 Å². The highest BCUT2D eigenvalue weighted by Crippen LogP contribution is 1.93. The van der Waals surface area contributed by atoms with Crippen LogP contribution in [0, 0.1) is 18.8 Å². The summed E-state index contributed by atoms with van der Waals surface area (Å²) in [7, 11) is 0. The van der Waals surface area contributed by atoms with E-state index >= 15 is 0 Å². The molecule has 0 aliphatic carbocycles. The Labute approximate surface area is 47.2 Å². The van der Waals surface area contributed by atoms with Crippen LogP contribution in [0.3, 0.4) is 0 Å². The lowest BCUT2D eigenvalue weighted by molar-refractivity contribution is 0.618. The topological polar surface area (TPSA) is 12.9 Å². The number of halogens is 1. The maximum Gasteiger partial charge on any atom is 0.149 e. The monoisotopic (exact) mass is 110 g/mol. The molecule has 0 fully saturated rings. The van der Waals surface area contributed by atoms with Gasteiger partial charge < -0.3 is 0 Å². The summed E-state index contributed by atoms with van der Waals surface area (Å²) in [5.41, 5.74) is 0.784. The maximum absolute atomic E-state index is 12.0. The molecule has 0 saturated carbocycles. The fourth-order valence-electron chi connectivity index (χ4n) is 0.406. The first-order valence-corrected chi connectivity index (χ1v) is 2.29. The van der Waals surface area contributed by atoms with Crippen molar-refractivity contribution in [2.45, 2.75) is 6.92 Å². The van der Waals surface area contributed by atoms with Crippen LogP contribution in [-0.2, 0) is 0 Å². The Kier molecular flexibility index (Phi) is 1.24. The largest absolute Gasteiger partial charge is 0.259 e. The molecule has 1 radical (unpaired) electrons. The first-order chi connectivity index (χ1) is 3.79. The van der Waals surface area contributed by atoms with Crippen molar-refractivity contribution in [1.82, 2.24) is 4.98 Å². The van der Waals surface area contributed by atoms with E-state index in [1.54, 1.807) is 6.92 Å². The van der Waals surface area contributed by atoms with Crippen molar-refractivity contribution in [3.05, 3.63) is 29.8 Å². The summed E-state index contributed by atoms with van der Waals surface area (Å²) in [6.45, 7) is 1.79. The molecule has 0 N–H and O–H groups in total. The van der Waals surface area contributed by atoms with Gasteiger partial charge >= 0.3 is 0 Å². The van der Waals surface area contributed by atoms with Crippen molar-refractivity contribution in [1.29, 1.82) is 0 Å². The minimum Gasteiger partial charge on any atom is -0.259 e. The molecular formula is C6H5FN. The van der Waals surface area contributed by atoms with E-state index in [9.17, 15) is 4.39 Å². The van der Waals surface area contributed by atoms with Gasteiger partial charge in [0.1, 0.15) is 5.82 Å². The van der Waals surface area contributed by atoms with Gasteiger partial charge in [0.2, 0.25) is 0 Å². The molecule has 1 aromatic heterocycles. The average Bonchev–Trinajstić information content (AvgIpc) is 1.77. The molecule has 1 nitrogen and oxygen atoms in total. The van der Waals surface area contributed by atoms with Crippen LogP contribution in [0.1, 0.15) is 5.69 Å². The fraction of sp³-hybridized carbons (Fsp3) is 0.167. The van der Waals surface area contributed by atoms with Gasteiger partial charge in [0.15, 0.2) is 0 Å². The summed E-state index contributed by atoms with van der Waals surface area (Å²) in [5, 5.41) is 0. The zero-order chi connectivity index (χ0) is 5.98. The Morgan fingerprint density at radius 2 is 2.50 bits per heavy atom. The van der Waals surface area contributed by atoms with Crippen LogP contribution in [0.25, 0.3) is 0 Å². The molecule has 0 unspecified atom stereocenters. The van der Waals surface area contributed by atoms with Crippen LogP contribution in [0.4, 0.5) is 4.39 Å². The van der Waals surface area contributed by atoms with E-state index in [1.807, 2.05) is 0 Å². The van der Waals surface area contributed by atoms with Gasteiger partial charge in [0.05, 0.1) is 6.20 Å². The number of hydrogen-bond donors (Lipinski definition) is 0. The van der Waals surface area contributed by atoms with Crippen LogP contribution in [0.5, 0.6) is 0 Å². The molecule has 1 aromatic rings. The Hall–Kier alpha value is -0.920. The van der Waals surface area contributed by atoms with Crippen LogP contribution >= 0.6 is 0 Å². The number of hydrogen-bond acceptors (Lipinski definition) is 1. The first kappa shape index (κ1) is 5.22. The van der Waals surface area contributed by atoms with E-state index < -0.39 is 5.82 Å². The van der Waals surface area contributed by atoms with Gasteiger partial charge in [-0.15, -0.1) is 0 Å². The molecule has 0 aromatic carbocycles. The molecule has 0 aliphatic heterocycles. The van der Waals surface area contributed by atoms with Gasteiger partial charge in [0.25, 0.3) is 0 Å². The summed E-state index contributed by atoms with van der Waals surface area (Å²) in [6.07, 6.45) is 1.15. The fourth-order valence-corrected chi connectivity index (χ4v) is 0.406. The molecular weight excluding hydrogens is 105 g/mol. The molecule has 8 heavy (non-hydrogen) atoms. The summed E-state index contributed by atoms with van der Waals surface area (Å²) in [5.74, 6) is -0.407. The van der Waals surface area contributed by atoms with E-state index in [0.29, 0.717) is 0 Å². The zero-order valence-electron chi connectivity index (χ0n) is 4.48. The minimum atomic E-state index is -0.407. The smallest absolute Gasteiger partial charge is 0.149 e. The van der Waals surface area contributed by atoms with Gasteiger partial charge in [-0.2, -0.15) is 0 Å². The predicted molar refractivity (Wildman–Crippen MR) is 27.8 cm³/mol. The van der Waals surface area contributed by atoms with Crippen LogP contribution < -0.4 is 0 Å². The van der Waals surface area contributed by atoms with E-state index in [1.165, 1.54) is 6.07 Å². The third-order valence-electron chi connectivity index (χ3n) is 0.800. The predicted octanol–water partition coefficient (Wildman–Crippen LogP) is 1.33. The van der Waals surface area contributed by atoms with E-state index in [2.05, 4.69) is 11.1 Å². The molecule has 0 spiro atoms. The quantitative estimate of drug-likeness (QED) is 0.491. The second-order valence-electron chi connectivity index (χ2n) is 1.54. The van der Waals surface area contributed by atoms with Crippen molar-refractivity contribution in [2.24, 2.45) is 0 Å². The zero-order valence-corrected chi connectivity index (χ0v) is 4.48. The highest BCUT2D eigenvalue weighted by Gasteiger charge is 1.85. The number of nitrogens with zero attached hydrogens (tertiary/aromatic N) is 1. The van der Waals surface area contributed by atoms with Gasteiger partial charge in [-0.1, -0.05) is 0 Å². The SMILES string of the molecule is Cc1c[c]c(F)cn1. The molecule has 0 atom stereocenters. The van der Waals surface area contributed by atoms with Crippen LogP contribution in [0.15, 0.2) is 12.3 Å². The number of aryl methyl sites for hydroxylation is 1. The van der Waals surface area contributed by atoms with Crippen molar-refractivity contribution in [3.8, 4) is 0 Å². The summed E-state index contributed by atoms with van der Waals surface area (Å²) >= 11 is 0. The van der Waals surface area contributed by atoms with Crippen LogP contribution in [-0.4, -0.2) is 4.98 Å². The van der Waals surface area contributed by atoms with Crippen molar-refractivity contribution in [2.75, 3.05) is 0 Å². The normalized spacial score (nSPS) is 9.25. The first-order valence-electron chi connectivity index (χ1n) is 2.29. The van der Waals surface area contributed by atoms with Crippen molar-refractivity contribution in [3.63, 3.8) is 0 Å². The number of pyridine rings is 1. The molecule has 41 valence electrons. The Morgan fingerprint density at radius 1 is 1.75 bits per heavy atom. The lowest BCUT2D eigenvalue weighted by Gasteiger charge is -1.85. The van der Waals surface area contributed by atoms with Gasteiger partial charge in [-0.25, -0.2) is 4.39 Å². The summed E-state index contributed by atoms with van der Waals surface area (Å²) in [4.78, 5) is 3.67. The molecule has 1 rings (SSSR count). The molecule has 2 heteroatoms. The van der Waals surface area contributed by atoms with Crippen molar-refractivity contribution >= 4 is 0 Å². The van der Waals surface area contributed by atoms with E-state index in [-0.39, 0.29) is 0 Å². The molecule has 0 saturated heterocycles. The average molecular weight is 110 g/mol. The highest BCUT2D eigenvalue weighted by atomic mass is 19.1. The van der Waals surface area contributed by atoms with E-state index in [4.69, 9.17) is 0 Å². The second kappa shape index (κ2) is 1.90. The summed E-state index contributed by atoms with van der Waals surface area (Å²) in [6, 6.07) is 3.88.